The number of nitrogens with zero attached hydrogens (tertiary/aromatic N) is 2. The lowest BCUT2D eigenvalue weighted by atomic mass is 10.2. The molecule has 4 rings (SSSR count). The van der Waals surface area contributed by atoms with E-state index in [-0.39, 0.29) is 18.1 Å². The Kier molecular flexibility index (Phi) is 5.13. The number of halogens is 1. The van der Waals surface area contributed by atoms with E-state index in [9.17, 15) is 14.0 Å². The molecule has 0 fully saturated rings. The average molecular weight is 414 g/mol. The highest BCUT2D eigenvalue weighted by Crippen LogP contribution is 2.32. The van der Waals surface area contributed by atoms with Gasteiger partial charge in [0.1, 0.15) is 12.4 Å². The smallest absolute Gasteiger partial charge is 0.325 e. The summed E-state index contributed by atoms with van der Waals surface area (Å²) >= 11 is 1.11. The van der Waals surface area contributed by atoms with E-state index in [1.807, 2.05) is 0 Å². The first kappa shape index (κ1) is 18.9. The molecule has 9 heteroatoms. The third kappa shape index (κ3) is 4.04. The van der Waals surface area contributed by atoms with Gasteiger partial charge in [-0.1, -0.05) is 17.4 Å². The first-order chi connectivity index (χ1) is 14.0. The molecule has 0 N–H and O–H groups in total. The number of esters is 1. The lowest BCUT2D eigenvalue weighted by Crippen LogP contribution is -2.22. The summed E-state index contributed by atoms with van der Waals surface area (Å²) in [5, 5.41) is 0. The van der Waals surface area contributed by atoms with Crippen LogP contribution in [0.4, 0.5) is 4.39 Å². The maximum atomic E-state index is 13.5. The van der Waals surface area contributed by atoms with E-state index in [2.05, 4.69) is 4.99 Å². The molecule has 1 aromatic heterocycles. The SMILES string of the molecule is COC(=O)Cn1c(=NC(=O)C=Cc2ccc3c(c2)OCO3)sc2cc(F)ccc21. The van der Waals surface area contributed by atoms with Gasteiger partial charge in [-0.2, -0.15) is 4.99 Å². The van der Waals surface area contributed by atoms with Gasteiger partial charge in [-0.05, 0) is 42.0 Å². The molecule has 0 radical (unpaired) electrons. The van der Waals surface area contributed by atoms with Gasteiger partial charge in [0.25, 0.3) is 5.91 Å². The van der Waals surface area contributed by atoms with Gasteiger partial charge in [-0.3, -0.25) is 9.59 Å². The Hall–Kier alpha value is -3.46. The molecule has 148 valence electrons. The number of ether oxygens (including phenoxy) is 3. The summed E-state index contributed by atoms with van der Waals surface area (Å²) in [4.78, 5) is 28.5. The average Bonchev–Trinajstić information content (AvgIpc) is 3.30. The molecule has 2 aromatic carbocycles. The van der Waals surface area contributed by atoms with E-state index >= 15 is 0 Å². The van der Waals surface area contributed by atoms with Gasteiger partial charge in [0.15, 0.2) is 16.3 Å². The maximum Gasteiger partial charge on any atom is 0.325 e. The molecule has 0 spiro atoms. The normalized spacial score (nSPS) is 13.4. The molecule has 0 aliphatic carbocycles. The third-order valence-corrected chi connectivity index (χ3v) is 5.22. The summed E-state index contributed by atoms with van der Waals surface area (Å²) in [6.45, 7) is 0.0314. The number of amides is 1. The van der Waals surface area contributed by atoms with Crippen molar-refractivity contribution >= 4 is 39.5 Å². The molecule has 1 aliphatic heterocycles. The quantitative estimate of drug-likeness (QED) is 0.485. The summed E-state index contributed by atoms with van der Waals surface area (Å²) in [5.74, 6) is -0.171. The Bertz CT molecular complexity index is 1210. The highest BCUT2D eigenvalue weighted by atomic mass is 32.1. The number of methoxy groups -OCH3 is 1. The highest BCUT2D eigenvalue weighted by molar-refractivity contribution is 7.16. The Morgan fingerprint density at radius 3 is 2.90 bits per heavy atom. The minimum atomic E-state index is -0.520. The van der Waals surface area contributed by atoms with Gasteiger partial charge < -0.3 is 18.8 Å². The lowest BCUT2D eigenvalue weighted by Gasteiger charge is -2.03. The molecule has 0 saturated carbocycles. The molecular weight excluding hydrogens is 399 g/mol. The van der Waals surface area contributed by atoms with Crippen LogP contribution in [-0.2, 0) is 20.9 Å². The Morgan fingerprint density at radius 1 is 1.24 bits per heavy atom. The lowest BCUT2D eigenvalue weighted by molar-refractivity contribution is -0.141. The number of rotatable bonds is 4. The molecule has 2 heterocycles. The van der Waals surface area contributed by atoms with Crippen molar-refractivity contribution < 1.29 is 28.2 Å². The number of thiazole rings is 1. The van der Waals surface area contributed by atoms with Crippen LogP contribution in [0.3, 0.4) is 0 Å². The largest absolute Gasteiger partial charge is 0.468 e. The predicted molar refractivity (Wildman–Crippen MR) is 104 cm³/mol. The molecule has 0 saturated heterocycles. The van der Waals surface area contributed by atoms with Crippen molar-refractivity contribution in [2.24, 2.45) is 4.99 Å². The molecule has 1 amide bonds. The van der Waals surface area contributed by atoms with E-state index in [4.69, 9.17) is 14.2 Å². The molecule has 7 nitrogen and oxygen atoms in total. The third-order valence-electron chi connectivity index (χ3n) is 4.18. The second-order valence-corrected chi connectivity index (χ2v) is 7.06. The van der Waals surface area contributed by atoms with E-state index in [1.165, 1.54) is 36.0 Å². The van der Waals surface area contributed by atoms with E-state index < -0.39 is 17.7 Å². The van der Waals surface area contributed by atoms with Crippen molar-refractivity contribution in [2.45, 2.75) is 6.54 Å². The monoisotopic (exact) mass is 414 g/mol. The molecule has 0 atom stereocenters. The summed E-state index contributed by atoms with van der Waals surface area (Å²) in [5.41, 5.74) is 1.34. The van der Waals surface area contributed by atoms with Crippen LogP contribution in [0, 0.1) is 5.82 Å². The summed E-state index contributed by atoms with van der Waals surface area (Å²) < 4.78 is 30.9. The number of carbonyl (C=O) groups is 2. The van der Waals surface area contributed by atoms with Crippen LogP contribution in [0.15, 0.2) is 47.5 Å². The van der Waals surface area contributed by atoms with Gasteiger partial charge in [0.05, 0.1) is 17.3 Å². The number of hydrogen-bond acceptors (Lipinski definition) is 6. The first-order valence-electron chi connectivity index (χ1n) is 8.55. The Labute approximate surface area is 168 Å². The zero-order valence-corrected chi connectivity index (χ0v) is 16.1. The summed E-state index contributed by atoms with van der Waals surface area (Å²) in [7, 11) is 1.27. The number of benzene rings is 2. The van der Waals surface area contributed by atoms with Crippen LogP contribution >= 0.6 is 11.3 Å². The zero-order valence-electron chi connectivity index (χ0n) is 15.3. The van der Waals surface area contributed by atoms with Crippen LogP contribution in [0.5, 0.6) is 11.5 Å². The van der Waals surface area contributed by atoms with Crippen LogP contribution in [-0.4, -0.2) is 30.3 Å². The van der Waals surface area contributed by atoms with Crippen molar-refractivity contribution in [3.05, 3.63) is 58.7 Å². The number of hydrogen-bond donors (Lipinski definition) is 0. The van der Waals surface area contributed by atoms with Crippen LogP contribution in [0.25, 0.3) is 16.3 Å². The molecule has 3 aromatic rings. The van der Waals surface area contributed by atoms with Crippen molar-refractivity contribution in [1.29, 1.82) is 0 Å². The van der Waals surface area contributed by atoms with Crippen molar-refractivity contribution in [2.75, 3.05) is 13.9 Å². The minimum absolute atomic E-state index is 0.139. The molecule has 0 unspecified atom stereocenters. The molecule has 0 bridgehead atoms. The van der Waals surface area contributed by atoms with Gasteiger partial charge in [0, 0.05) is 6.08 Å². The molecule has 1 aliphatic rings. The van der Waals surface area contributed by atoms with Crippen LogP contribution in [0.2, 0.25) is 0 Å². The maximum absolute atomic E-state index is 13.5. The summed E-state index contributed by atoms with van der Waals surface area (Å²) in [6.07, 6.45) is 2.91. The highest BCUT2D eigenvalue weighted by Gasteiger charge is 2.13. The topological polar surface area (TPSA) is 79.1 Å². The van der Waals surface area contributed by atoms with Crippen molar-refractivity contribution in [3.8, 4) is 11.5 Å². The van der Waals surface area contributed by atoms with Crippen molar-refractivity contribution in [3.63, 3.8) is 0 Å². The second kappa shape index (κ2) is 7.88. The Balaban J connectivity index is 1.66. The fraction of sp³-hybridized carbons (Fsp3) is 0.150. The Morgan fingerprint density at radius 2 is 2.07 bits per heavy atom. The van der Waals surface area contributed by atoms with Gasteiger partial charge in [-0.15, -0.1) is 0 Å². The predicted octanol–water partition coefficient (Wildman–Crippen LogP) is 2.88. The zero-order chi connectivity index (χ0) is 20.4. The number of aromatic nitrogens is 1. The fourth-order valence-corrected chi connectivity index (χ4v) is 3.85. The van der Waals surface area contributed by atoms with Crippen LogP contribution < -0.4 is 14.3 Å². The van der Waals surface area contributed by atoms with E-state index in [0.717, 1.165) is 16.9 Å². The first-order valence-corrected chi connectivity index (χ1v) is 9.37. The summed E-state index contributed by atoms with van der Waals surface area (Å²) in [6, 6.07) is 9.46. The van der Waals surface area contributed by atoms with Crippen molar-refractivity contribution in [1.82, 2.24) is 4.57 Å². The number of carbonyl (C=O) groups excluding carboxylic acids is 2. The second-order valence-electron chi connectivity index (χ2n) is 6.06. The van der Waals surface area contributed by atoms with Gasteiger partial charge in [0.2, 0.25) is 6.79 Å². The fourth-order valence-electron chi connectivity index (χ4n) is 2.79. The van der Waals surface area contributed by atoms with E-state index in [0.29, 0.717) is 21.7 Å². The van der Waals surface area contributed by atoms with Gasteiger partial charge in [-0.25, -0.2) is 4.39 Å². The van der Waals surface area contributed by atoms with E-state index in [1.54, 1.807) is 24.3 Å². The van der Waals surface area contributed by atoms with Crippen LogP contribution in [0.1, 0.15) is 5.56 Å². The van der Waals surface area contributed by atoms with Gasteiger partial charge >= 0.3 is 5.97 Å². The molecular formula is C20H15FN2O5S. The molecule has 29 heavy (non-hydrogen) atoms. The number of fused-ring (bicyclic) bond motifs is 2. The minimum Gasteiger partial charge on any atom is -0.468 e. The standard InChI is InChI=1S/C20H15FN2O5S/c1-26-19(25)10-23-14-5-4-13(21)9-17(14)29-20(23)22-18(24)7-3-12-2-6-15-16(8-12)28-11-27-15/h2-9H,10-11H2,1H3.